The summed E-state index contributed by atoms with van der Waals surface area (Å²) >= 11 is 1.45. The van der Waals surface area contributed by atoms with E-state index < -0.39 is 0 Å². The van der Waals surface area contributed by atoms with Crippen LogP contribution in [-0.4, -0.2) is 50.1 Å². The molecule has 0 radical (unpaired) electrons. The average molecular weight is 464 g/mol. The smallest absolute Gasteiger partial charge is 0.264 e. The minimum absolute atomic E-state index is 0.00364. The molecule has 1 aliphatic rings. The average Bonchev–Trinajstić information content (AvgIpc) is 3.53. The summed E-state index contributed by atoms with van der Waals surface area (Å²) in [5.41, 5.74) is 3.27. The maximum Gasteiger partial charge on any atom is 0.264 e. The van der Waals surface area contributed by atoms with Crippen LogP contribution in [0.4, 0.5) is 11.4 Å². The molecule has 0 spiro atoms. The third-order valence-electron chi connectivity index (χ3n) is 5.68. The molecule has 2 aromatic carbocycles. The van der Waals surface area contributed by atoms with Gasteiger partial charge >= 0.3 is 0 Å². The maximum absolute atomic E-state index is 13.3. The molecule has 2 amide bonds. The van der Waals surface area contributed by atoms with E-state index in [2.05, 4.69) is 5.32 Å². The Morgan fingerprint density at radius 2 is 1.91 bits per heavy atom. The van der Waals surface area contributed by atoms with Crippen molar-refractivity contribution in [3.05, 3.63) is 82.0 Å². The van der Waals surface area contributed by atoms with Crippen molar-refractivity contribution in [2.24, 2.45) is 0 Å². The molecule has 4 rings (SSSR count). The van der Waals surface area contributed by atoms with E-state index in [-0.39, 0.29) is 17.9 Å². The number of thiophene rings is 1. The number of hydrogen-bond acceptors (Lipinski definition) is 5. The predicted molar refractivity (Wildman–Crippen MR) is 133 cm³/mol. The van der Waals surface area contributed by atoms with E-state index in [1.807, 2.05) is 77.8 Å². The molecule has 7 heteroatoms. The van der Waals surface area contributed by atoms with Gasteiger partial charge in [0.15, 0.2) is 0 Å². The second-order valence-corrected chi connectivity index (χ2v) is 9.30. The molecule has 3 aromatic rings. The Labute approximate surface area is 198 Å². The van der Waals surface area contributed by atoms with Gasteiger partial charge in [-0.1, -0.05) is 24.3 Å². The van der Waals surface area contributed by atoms with Crippen LogP contribution in [0.1, 0.15) is 38.4 Å². The zero-order valence-corrected chi connectivity index (χ0v) is 19.8. The summed E-state index contributed by atoms with van der Waals surface area (Å²) in [4.78, 5) is 30.6. The molecule has 1 aromatic heterocycles. The van der Waals surface area contributed by atoms with Gasteiger partial charge in [-0.25, -0.2) is 0 Å². The Balaban J connectivity index is 1.60. The van der Waals surface area contributed by atoms with E-state index >= 15 is 0 Å². The summed E-state index contributed by atoms with van der Waals surface area (Å²) in [5.74, 6) is -0.158. The lowest BCUT2D eigenvalue weighted by Gasteiger charge is -2.28. The Morgan fingerprint density at radius 1 is 1.09 bits per heavy atom. The first-order valence-electron chi connectivity index (χ1n) is 11.1. The summed E-state index contributed by atoms with van der Waals surface area (Å²) in [6, 6.07) is 18.7. The quantitative estimate of drug-likeness (QED) is 0.517. The first kappa shape index (κ1) is 23.0. The van der Waals surface area contributed by atoms with Crippen LogP contribution in [0, 0.1) is 0 Å². The number of carbonyl (C=O) groups excluding carboxylic acids is 2. The predicted octanol–water partition coefficient (Wildman–Crippen LogP) is 4.89. The van der Waals surface area contributed by atoms with Crippen molar-refractivity contribution in [2.75, 3.05) is 37.5 Å². The van der Waals surface area contributed by atoms with E-state index in [1.165, 1.54) is 11.3 Å². The van der Waals surface area contributed by atoms with E-state index in [4.69, 9.17) is 4.74 Å². The van der Waals surface area contributed by atoms with Gasteiger partial charge in [-0.15, -0.1) is 11.3 Å². The van der Waals surface area contributed by atoms with Crippen LogP contribution >= 0.6 is 11.3 Å². The monoisotopic (exact) mass is 463 g/mol. The fraction of sp³-hybridized carbons (Fsp3) is 0.308. The van der Waals surface area contributed by atoms with Gasteiger partial charge < -0.3 is 19.9 Å². The third-order valence-corrected chi connectivity index (χ3v) is 6.54. The van der Waals surface area contributed by atoms with Gasteiger partial charge in [0.25, 0.3) is 11.8 Å². The Kier molecular flexibility index (Phi) is 7.42. The number of nitrogens with zero attached hydrogens (tertiary/aromatic N) is 2. The van der Waals surface area contributed by atoms with E-state index in [0.29, 0.717) is 29.2 Å². The van der Waals surface area contributed by atoms with Gasteiger partial charge in [-0.3, -0.25) is 9.59 Å². The van der Waals surface area contributed by atoms with Crippen LogP contribution in [0.2, 0.25) is 0 Å². The number of ether oxygens (including phenoxy) is 1. The summed E-state index contributed by atoms with van der Waals surface area (Å²) in [6.07, 6.45) is 2.04. The third kappa shape index (κ3) is 5.80. The van der Waals surface area contributed by atoms with Crippen LogP contribution < -0.4 is 10.2 Å². The highest BCUT2D eigenvalue weighted by atomic mass is 32.1. The fourth-order valence-electron chi connectivity index (χ4n) is 4.03. The highest BCUT2D eigenvalue weighted by Gasteiger charge is 2.25. The molecule has 1 saturated heterocycles. The highest BCUT2D eigenvalue weighted by molar-refractivity contribution is 7.12. The zero-order chi connectivity index (χ0) is 23.2. The first-order chi connectivity index (χ1) is 16.0. The zero-order valence-electron chi connectivity index (χ0n) is 19.0. The van der Waals surface area contributed by atoms with Gasteiger partial charge in [0, 0.05) is 50.7 Å². The van der Waals surface area contributed by atoms with Gasteiger partial charge in [-0.05, 0) is 60.2 Å². The molecule has 1 N–H and O–H groups in total. The van der Waals surface area contributed by atoms with E-state index in [1.54, 1.807) is 12.1 Å². The summed E-state index contributed by atoms with van der Waals surface area (Å²) in [7, 11) is 3.96. The maximum atomic E-state index is 13.3. The van der Waals surface area contributed by atoms with Crippen LogP contribution in [0.25, 0.3) is 0 Å². The molecule has 0 bridgehead atoms. The largest absolute Gasteiger partial charge is 0.377 e. The molecule has 1 unspecified atom stereocenters. The van der Waals surface area contributed by atoms with Gasteiger partial charge in [0.2, 0.25) is 0 Å². The lowest BCUT2D eigenvalue weighted by molar-refractivity contribution is 0.0511. The SMILES string of the molecule is CN(C)c1ccc(NC(=O)c2ccccc2)cc1CN(CC1CCCO1)C(=O)c1cccs1. The van der Waals surface area contributed by atoms with Crippen molar-refractivity contribution in [1.82, 2.24) is 4.90 Å². The minimum atomic E-state index is -0.162. The lowest BCUT2D eigenvalue weighted by atomic mass is 10.1. The molecule has 2 heterocycles. The standard InChI is InChI=1S/C26H29N3O3S/c1-28(2)23-13-12-21(27-25(30)19-8-4-3-5-9-19)16-20(23)17-29(18-22-10-6-14-32-22)26(31)24-11-7-15-33-24/h3-5,7-9,11-13,15-16,22H,6,10,14,17-18H2,1-2H3,(H,27,30). The molecule has 1 atom stereocenters. The van der Waals surface area contributed by atoms with Crippen LogP contribution in [-0.2, 0) is 11.3 Å². The van der Waals surface area contributed by atoms with Crippen molar-refractivity contribution in [3.8, 4) is 0 Å². The number of rotatable bonds is 8. The number of benzene rings is 2. The molecule has 1 fully saturated rings. The summed E-state index contributed by atoms with van der Waals surface area (Å²) < 4.78 is 5.83. The van der Waals surface area contributed by atoms with E-state index in [0.717, 1.165) is 30.7 Å². The van der Waals surface area contributed by atoms with Crippen LogP contribution in [0.5, 0.6) is 0 Å². The highest BCUT2D eigenvalue weighted by Crippen LogP contribution is 2.27. The van der Waals surface area contributed by atoms with Crippen molar-refractivity contribution < 1.29 is 14.3 Å². The van der Waals surface area contributed by atoms with Crippen LogP contribution in [0.15, 0.2) is 66.0 Å². The Morgan fingerprint density at radius 3 is 2.58 bits per heavy atom. The molecule has 172 valence electrons. The topological polar surface area (TPSA) is 61.9 Å². The fourth-order valence-corrected chi connectivity index (χ4v) is 4.72. The molecular formula is C26H29N3O3S. The van der Waals surface area contributed by atoms with Crippen molar-refractivity contribution in [3.63, 3.8) is 0 Å². The second kappa shape index (κ2) is 10.6. The van der Waals surface area contributed by atoms with Gasteiger partial charge in [0.1, 0.15) is 0 Å². The Hall–Kier alpha value is -3.16. The van der Waals surface area contributed by atoms with E-state index in [9.17, 15) is 9.59 Å². The number of nitrogens with one attached hydrogen (secondary N) is 1. The number of anilines is 2. The molecular weight excluding hydrogens is 434 g/mol. The minimum Gasteiger partial charge on any atom is -0.377 e. The Bertz CT molecular complexity index is 1080. The van der Waals surface area contributed by atoms with Crippen LogP contribution in [0.3, 0.4) is 0 Å². The molecule has 33 heavy (non-hydrogen) atoms. The number of amides is 2. The lowest BCUT2D eigenvalue weighted by Crippen LogP contribution is -2.37. The molecule has 1 aliphatic heterocycles. The second-order valence-electron chi connectivity index (χ2n) is 8.36. The molecule has 0 saturated carbocycles. The summed E-state index contributed by atoms with van der Waals surface area (Å²) in [6.45, 7) is 1.72. The number of carbonyl (C=O) groups is 2. The van der Waals surface area contributed by atoms with Crippen molar-refractivity contribution in [1.29, 1.82) is 0 Å². The van der Waals surface area contributed by atoms with Crippen molar-refractivity contribution >= 4 is 34.5 Å². The normalized spacial score (nSPS) is 15.3. The van der Waals surface area contributed by atoms with Crippen molar-refractivity contribution in [2.45, 2.75) is 25.5 Å². The molecule has 0 aliphatic carbocycles. The first-order valence-corrected chi connectivity index (χ1v) is 12.0. The molecule has 6 nitrogen and oxygen atoms in total. The van der Waals surface area contributed by atoms with Gasteiger partial charge in [0.05, 0.1) is 11.0 Å². The van der Waals surface area contributed by atoms with Gasteiger partial charge in [-0.2, -0.15) is 0 Å². The summed E-state index contributed by atoms with van der Waals surface area (Å²) in [5, 5.41) is 4.90. The number of hydrogen-bond donors (Lipinski definition) is 1.